The van der Waals surface area contributed by atoms with Crippen molar-refractivity contribution in [1.29, 1.82) is 0 Å². The molecule has 1 rings (SSSR count). The van der Waals surface area contributed by atoms with Crippen LogP contribution in [0.25, 0.3) is 0 Å². The maximum absolute atomic E-state index is 5.41. The Hall–Kier alpha value is -0.420. The zero-order chi connectivity index (χ0) is 8.10. The van der Waals surface area contributed by atoms with Gasteiger partial charge in [0.05, 0.1) is 6.04 Å². The van der Waals surface area contributed by atoms with E-state index in [0.29, 0.717) is 12.0 Å². The summed E-state index contributed by atoms with van der Waals surface area (Å²) < 4.78 is 0. The van der Waals surface area contributed by atoms with Crippen molar-refractivity contribution in [2.45, 2.75) is 18.9 Å². The Bertz CT molecular complexity index is 142. The molecule has 0 aromatic heterocycles. The summed E-state index contributed by atoms with van der Waals surface area (Å²) >= 11 is 1.92. The average molecular weight is 174 g/mol. The number of hydrogen-bond acceptors (Lipinski definition) is 3. The fourth-order valence-electron chi connectivity index (χ4n) is 1.06. The summed E-state index contributed by atoms with van der Waals surface area (Å²) in [6.45, 7) is 0. The Balaban J connectivity index is 2.34. The van der Waals surface area contributed by atoms with E-state index in [1.54, 1.807) is 0 Å². The fraction of sp³-hybridized carbons (Fsp3) is 0.833. The first-order chi connectivity index (χ1) is 5.33. The van der Waals surface area contributed by atoms with E-state index in [-0.39, 0.29) is 0 Å². The molecule has 0 spiro atoms. The molecule has 0 amide bonds. The quantitative estimate of drug-likeness (QED) is 0.220. The number of aliphatic imine (C=N–C) groups is 1. The zero-order valence-electron chi connectivity index (χ0n) is 6.42. The van der Waals surface area contributed by atoms with Gasteiger partial charge in [0.1, 0.15) is 0 Å². The van der Waals surface area contributed by atoms with E-state index >= 15 is 0 Å². The molecule has 0 saturated carbocycles. The van der Waals surface area contributed by atoms with Gasteiger partial charge in [-0.25, -0.2) is 10.8 Å². The molecule has 1 aliphatic rings. The summed E-state index contributed by atoms with van der Waals surface area (Å²) in [4.78, 5) is 4.19. The molecule has 0 aromatic rings. The molecule has 1 atom stereocenters. The first kappa shape index (κ1) is 8.67. The van der Waals surface area contributed by atoms with Gasteiger partial charge in [-0.05, 0) is 18.6 Å². The molecule has 0 aromatic carbocycles. The van der Waals surface area contributed by atoms with Crippen LogP contribution in [0.5, 0.6) is 0 Å². The maximum Gasteiger partial charge on any atom is 0.203 e. The molecule has 1 heterocycles. The maximum atomic E-state index is 5.41. The van der Waals surface area contributed by atoms with Gasteiger partial charge in [-0.3, -0.25) is 5.43 Å². The van der Waals surface area contributed by atoms with Crippen LogP contribution in [0.2, 0.25) is 0 Å². The van der Waals surface area contributed by atoms with Crippen molar-refractivity contribution in [3.8, 4) is 0 Å². The number of hydrogen-bond donors (Lipinski definition) is 3. The molecule has 1 fully saturated rings. The van der Waals surface area contributed by atoms with Crippen molar-refractivity contribution < 1.29 is 0 Å². The largest absolute Gasteiger partial charge is 0.369 e. The first-order valence-corrected chi connectivity index (χ1v) is 4.86. The number of rotatable bonds is 1. The summed E-state index contributed by atoms with van der Waals surface area (Å²) in [5, 5.41) is 0. The van der Waals surface area contributed by atoms with Crippen LogP contribution in [0.15, 0.2) is 4.99 Å². The van der Waals surface area contributed by atoms with Gasteiger partial charge < -0.3 is 5.73 Å². The van der Waals surface area contributed by atoms with Gasteiger partial charge in [0, 0.05) is 5.75 Å². The van der Waals surface area contributed by atoms with Crippen molar-refractivity contribution in [3.63, 3.8) is 0 Å². The van der Waals surface area contributed by atoms with Gasteiger partial charge in [-0.15, -0.1) is 0 Å². The zero-order valence-corrected chi connectivity index (χ0v) is 7.23. The Morgan fingerprint density at radius 3 is 3.00 bits per heavy atom. The van der Waals surface area contributed by atoms with Crippen molar-refractivity contribution in [3.05, 3.63) is 0 Å². The lowest BCUT2D eigenvalue weighted by Gasteiger charge is -2.17. The number of guanidine groups is 1. The lowest BCUT2D eigenvalue weighted by Crippen LogP contribution is -2.38. The molecule has 5 N–H and O–H groups in total. The SMILES string of the molecule is NNC(N)=NC1CCCSC1. The highest BCUT2D eigenvalue weighted by Crippen LogP contribution is 2.18. The Labute approximate surface area is 70.8 Å². The van der Waals surface area contributed by atoms with E-state index in [2.05, 4.69) is 10.4 Å². The molecule has 5 heteroatoms. The second kappa shape index (κ2) is 4.46. The second-order valence-corrected chi connectivity index (χ2v) is 3.68. The van der Waals surface area contributed by atoms with Crippen LogP contribution in [0.4, 0.5) is 0 Å². The molecular formula is C6H14N4S. The standard InChI is InChI=1S/C6H14N4S/c7-6(10-8)9-5-2-1-3-11-4-5/h5H,1-4,8H2,(H3,7,9,10). The summed E-state index contributed by atoms with van der Waals surface area (Å²) in [6, 6.07) is 0.366. The minimum Gasteiger partial charge on any atom is -0.369 e. The molecule has 11 heavy (non-hydrogen) atoms. The van der Waals surface area contributed by atoms with E-state index in [1.807, 2.05) is 11.8 Å². The van der Waals surface area contributed by atoms with Gasteiger partial charge in [-0.1, -0.05) is 0 Å². The van der Waals surface area contributed by atoms with Crippen LogP contribution < -0.4 is 17.0 Å². The molecule has 64 valence electrons. The monoisotopic (exact) mass is 174 g/mol. The predicted octanol–water partition coefficient (Wildman–Crippen LogP) is -0.340. The smallest absolute Gasteiger partial charge is 0.203 e. The molecule has 0 aliphatic carbocycles. The van der Waals surface area contributed by atoms with Crippen molar-refractivity contribution >= 4 is 17.7 Å². The van der Waals surface area contributed by atoms with Crippen LogP contribution in [-0.2, 0) is 0 Å². The Kier molecular flexibility index (Phi) is 3.51. The van der Waals surface area contributed by atoms with Crippen LogP contribution in [-0.4, -0.2) is 23.5 Å². The van der Waals surface area contributed by atoms with Crippen LogP contribution >= 0.6 is 11.8 Å². The highest BCUT2D eigenvalue weighted by atomic mass is 32.2. The van der Waals surface area contributed by atoms with E-state index in [9.17, 15) is 0 Å². The summed E-state index contributed by atoms with van der Waals surface area (Å²) in [5.41, 5.74) is 7.74. The molecule has 1 saturated heterocycles. The van der Waals surface area contributed by atoms with Gasteiger partial charge in [-0.2, -0.15) is 11.8 Å². The summed E-state index contributed by atoms with van der Waals surface area (Å²) in [7, 11) is 0. The van der Waals surface area contributed by atoms with Crippen LogP contribution in [0.3, 0.4) is 0 Å². The van der Waals surface area contributed by atoms with E-state index < -0.39 is 0 Å². The van der Waals surface area contributed by atoms with Crippen LogP contribution in [0.1, 0.15) is 12.8 Å². The van der Waals surface area contributed by atoms with Crippen LogP contribution in [0, 0.1) is 0 Å². The number of nitrogens with two attached hydrogens (primary N) is 2. The third-order valence-electron chi connectivity index (χ3n) is 1.61. The third kappa shape index (κ3) is 2.98. The molecular weight excluding hydrogens is 160 g/mol. The topological polar surface area (TPSA) is 76.4 Å². The van der Waals surface area contributed by atoms with Gasteiger partial charge in [0.2, 0.25) is 5.96 Å². The number of nitrogens with one attached hydrogen (secondary N) is 1. The number of hydrazine groups is 1. The van der Waals surface area contributed by atoms with Gasteiger partial charge in [0.25, 0.3) is 0 Å². The highest BCUT2D eigenvalue weighted by Gasteiger charge is 2.12. The lowest BCUT2D eigenvalue weighted by molar-refractivity contribution is 0.646. The van der Waals surface area contributed by atoms with E-state index in [4.69, 9.17) is 11.6 Å². The second-order valence-electron chi connectivity index (χ2n) is 2.53. The normalized spacial score (nSPS) is 26.6. The lowest BCUT2D eigenvalue weighted by atomic mass is 10.2. The fourth-order valence-corrected chi connectivity index (χ4v) is 2.11. The van der Waals surface area contributed by atoms with Gasteiger partial charge in [0.15, 0.2) is 0 Å². The predicted molar refractivity (Wildman–Crippen MR) is 49.3 cm³/mol. The molecule has 0 bridgehead atoms. The molecule has 1 aliphatic heterocycles. The third-order valence-corrected chi connectivity index (χ3v) is 2.80. The van der Waals surface area contributed by atoms with E-state index in [0.717, 1.165) is 12.2 Å². The summed E-state index contributed by atoms with van der Waals surface area (Å²) in [6.07, 6.45) is 2.37. The number of thioether (sulfide) groups is 1. The van der Waals surface area contributed by atoms with Crippen molar-refractivity contribution in [1.82, 2.24) is 5.43 Å². The minimum absolute atomic E-state index is 0.345. The van der Waals surface area contributed by atoms with E-state index in [1.165, 1.54) is 12.2 Å². The average Bonchev–Trinajstić information content (AvgIpc) is 2.06. The molecule has 0 radical (unpaired) electrons. The van der Waals surface area contributed by atoms with Crippen molar-refractivity contribution in [2.24, 2.45) is 16.6 Å². The number of nitrogens with zero attached hydrogens (tertiary/aromatic N) is 1. The van der Waals surface area contributed by atoms with Crippen molar-refractivity contribution in [2.75, 3.05) is 11.5 Å². The summed E-state index contributed by atoms with van der Waals surface area (Å²) in [5.74, 6) is 7.75. The molecule has 4 nitrogen and oxygen atoms in total. The first-order valence-electron chi connectivity index (χ1n) is 3.70. The molecule has 1 unspecified atom stereocenters. The van der Waals surface area contributed by atoms with Gasteiger partial charge >= 0.3 is 0 Å². The Morgan fingerprint density at radius 2 is 2.45 bits per heavy atom. The highest BCUT2D eigenvalue weighted by molar-refractivity contribution is 7.99. The minimum atomic E-state index is 0.345. The Morgan fingerprint density at radius 1 is 1.64 bits per heavy atom.